The molecule has 3 aromatic rings. The molecule has 14 nitrogen and oxygen atoms in total. The van der Waals surface area contributed by atoms with E-state index in [1.807, 2.05) is 36.4 Å². The number of allylic oxidation sites excluding steroid dienone is 7. The summed E-state index contributed by atoms with van der Waals surface area (Å²) in [5.74, 6) is -0.150. The molecule has 16 heteroatoms. The van der Waals surface area contributed by atoms with Gasteiger partial charge in [0.15, 0.2) is 5.71 Å². The first-order valence-corrected chi connectivity index (χ1v) is 28.0. The van der Waals surface area contributed by atoms with Crippen molar-refractivity contribution in [3.05, 3.63) is 136 Å². The Morgan fingerprint density at radius 1 is 0.831 bits per heavy atom. The first-order chi connectivity index (χ1) is 33.5. The van der Waals surface area contributed by atoms with Crippen molar-refractivity contribution in [1.29, 1.82) is 0 Å². The third kappa shape index (κ3) is 12.9. The molecule has 0 spiro atoms. The number of hydrogen-bond acceptors (Lipinski definition) is 9. The van der Waals surface area contributed by atoms with Gasteiger partial charge in [-0.3, -0.25) is 28.4 Å². The van der Waals surface area contributed by atoms with Crippen LogP contribution in [-0.4, -0.2) is 96.5 Å². The van der Waals surface area contributed by atoms with Gasteiger partial charge < -0.3 is 15.0 Å². The van der Waals surface area contributed by atoms with E-state index in [1.54, 1.807) is 6.92 Å². The Kier molecular flexibility index (Phi) is 16.4. The summed E-state index contributed by atoms with van der Waals surface area (Å²) in [6, 6.07) is 22.4. The van der Waals surface area contributed by atoms with Crippen LogP contribution in [0, 0.1) is 12.8 Å². The van der Waals surface area contributed by atoms with Crippen LogP contribution in [0.4, 0.5) is 11.4 Å². The van der Waals surface area contributed by atoms with Crippen molar-refractivity contribution in [1.82, 2.24) is 10.2 Å². The zero-order chi connectivity index (χ0) is 51.3. The van der Waals surface area contributed by atoms with E-state index < -0.39 is 20.2 Å². The van der Waals surface area contributed by atoms with Gasteiger partial charge in [0.05, 0.1) is 16.9 Å². The molecule has 0 saturated carbocycles. The van der Waals surface area contributed by atoms with Gasteiger partial charge in [0, 0.05) is 79.3 Å². The van der Waals surface area contributed by atoms with Crippen LogP contribution in [0.15, 0.2) is 114 Å². The van der Waals surface area contributed by atoms with Crippen molar-refractivity contribution in [3.63, 3.8) is 0 Å². The Balaban J connectivity index is 1.19. The monoisotopic (exact) mass is 1010 g/mol. The Labute approximate surface area is 419 Å². The van der Waals surface area contributed by atoms with E-state index in [4.69, 9.17) is 4.74 Å². The number of hydrogen-bond donors (Lipinski definition) is 3. The van der Waals surface area contributed by atoms with E-state index in [2.05, 4.69) is 104 Å². The highest BCUT2D eigenvalue weighted by molar-refractivity contribution is 7.86. The van der Waals surface area contributed by atoms with E-state index >= 15 is 0 Å². The summed E-state index contributed by atoms with van der Waals surface area (Å²) in [7, 11) is -8.16. The lowest BCUT2D eigenvalue weighted by Gasteiger charge is -2.27. The lowest BCUT2D eigenvalue weighted by molar-refractivity contribution is -0.438. The number of carbonyl (C=O) groups is 3. The third-order valence-electron chi connectivity index (χ3n) is 14.2. The maximum Gasteiger partial charge on any atom is 0.264 e. The van der Waals surface area contributed by atoms with E-state index in [-0.39, 0.29) is 71.9 Å². The summed E-state index contributed by atoms with van der Waals surface area (Å²) in [5.41, 5.74) is 9.92. The van der Waals surface area contributed by atoms with Crippen molar-refractivity contribution in [3.8, 4) is 5.75 Å². The van der Waals surface area contributed by atoms with Crippen molar-refractivity contribution in [2.45, 2.75) is 117 Å². The highest BCUT2D eigenvalue weighted by Crippen LogP contribution is 2.49. The number of rotatable bonds is 21. The van der Waals surface area contributed by atoms with Gasteiger partial charge >= 0.3 is 0 Å². The van der Waals surface area contributed by atoms with Crippen LogP contribution >= 0.6 is 0 Å². The van der Waals surface area contributed by atoms with Crippen LogP contribution < -0.4 is 15.0 Å². The molecular weight excluding hydrogens is 941 g/mol. The Bertz CT molecular complexity index is 2930. The smallest absolute Gasteiger partial charge is 0.264 e. The molecule has 1 fully saturated rings. The molecule has 3 amide bonds. The molecule has 1 saturated heterocycles. The minimum Gasteiger partial charge on any atom is -0.457 e. The van der Waals surface area contributed by atoms with Crippen LogP contribution in [0.2, 0.25) is 0 Å². The van der Waals surface area contributed by atoms with Gasteiger partial charge in [0.2, 0.25) is 23.4 Å². The number of nitrogens with zero attached hydrogens (tertiary/aromatic N) is 3. The second-order valence-corrected chi connectivity index (χ2v) is 23.5. The second kappa shape index (κ2) is 22.0. The van der Waals surface area contributed by atoms with Crippen LogP contribution in [0.5, 0.6) is 5.75 Å². The Morgan fingerprint density at radius 2 is 1.54 bits per heavy atom. The number of aryl methyl sites for hydroxylation is 2. The number of para-hydroxylation sites is 1. The molecule has 380 valence electrons. The van der Waals surface area contributed by atoms with Crippen molar-refractivity contribution < 1.29 is 49.6 Å². The van der Waals surface area contributed by atoms with Crippen molar-refractivity contribution in [2.75, 3.05) is 42.6 Å². The van der Waals surface area contributed by atoms with Gasteiger partial charge in [-0.25, -0.2) is 0 Å². The highest BCUT2D eigenvalue weighted by Gasteiger charge is 2.44. The van der Waals surface area contributed by atoms with Crippen LogP contribution in [0.3, 0.4) is 0 Å². The highest BCUT2D eigenvalue weighted by atomic mass is 32.2. The molecule has 3 N–H and O–H groups in total. The number of likely N-dealkylation sites (tertiary alicyclic amines) is 1. The molecule has 1 atom stereocenters. The number of fused-ring (bicyclic) bond motifs is 2. The predicted octanol–water partition coefficient (Wildman–Crippen LogP) is 8.83. The molecule has 1 aliphatic carbocycles. The minimum absolute atomic E-state index is 0.159. The number of carbonyl (C=O) groups excluding carboxylic acids is 3. The molecule has 71 heavy (non-hydrogen) atoms. The van der Waals surface area contributed by atoms with Gasteiger partial charge in [-0.1, -0.05) is 74.9 Å². The maximum absolute atomic E-state index is 12.8. The normalized spacial score (nSPS) is 20.0. The first kappa shape index (κ1) is 53.1. The lowest BCUT2D eigenvalue weighted by atomic mass is 9.81. The zero-order valence-corrected chi connectivity index (χ0v) is 43.5. The summed E-state index contributed by atoms with van der Waals surface area (Å²) >= 11 is 0. The quantitative estimate of drug-likeness (QED) is 0.0400. The number of anilines is 1. The van der Waals surface area contributed by atoms with E-state index in [0.717, 1.165) is 75.6 Å². The SMILES string of the molecule is Cc1ccc2c(c1)C(C)(C)C(=CC=C1CCCC(C=CC3=[N+](CCCCS(=O)(=O)O)c4ccccc4C3(C)C)=C1Oc1ccc(CCC(=O)NCCN3C(=O)CC(C)C3=O)cc1)N2CCCCS(=O)(=O)O. The molecule has 4 aliphatic rings. The standard InChI is InChI=1S/C55H68N4O10S2/c1-38-18-26-47-45(36-38)55(5,6)49(58(47)32-10-12-35-71(66,67)68)28-23-42-15-13-14-41(22-27-48-54(3,4)44-16-7-8-17-46(44)57(48)31-9-11-34-70(63,64)65)52(42)69-43-24-19-40(20-25-43)21-29-50(60)56-30-33-59-51(61)37-39(2)53(59)62/h7-8,16-20,22-28,36,39H,9-15,21,29-35,37H2,1-6H3,(H2-,56,60,63,64,65,66,67,68)/p+1. The molecule has 3 aliphatic heterocycles. The first-order valence-electron chi connectivity index (χ1n) is 24.8. The van der Waals surface area contributed by atoms with E-state index in [9.17, 15) is 40.3 Å². The number of amides is 3. The third-order valence-corrected chi connectivity index (χ3v) is 15.8. The van der Waals surface area contributed by atoms with Gasteiger partial charge in [0.25, 0.3) is 20.2 Å². The Hall–Kier alpha value is -5.68. The molecule has 3 heterocycles. The van der Waals surface area contributed by atoms with E-state index in [0.29, 0.717) is 50.9 Å². The molecular formula is C55H69N4O10S2+. The summed E-state index contributed by atoms with van der Waals surface area (Å²) < 4.78 is 74.4. The fourth-order valence-corrected chi connectivity index (χ4v) is 11.4. The molecule has 1 unspecified atom stereocenters. The fourth-order valence-electron chi connectivity index (χ4n) is 10.3. The van der Waals surface area contributed by atoms with E-state index in [1.165, 1.54) is 10.5 Å². The van der Waals surface area contributed by atoms with Gasteiger partial charge in [0.1, 0.15) is 18.1 Å². The van der Waals surface area contributed by atoms with Crippen LogP contribution in [0.25, 0.3) is 0 Å². The average Bonchev–Trinajstić information content (AvgIpc) is 3.77. The molecule has 7 rings (SSSR count). The van der Waals surface area contributed by atoms with Gasteiger partial charge in [-0.05, 0) is 118 Å². The summed E-state index contributed by atoms with van der Waals surface area (Å²) in [6.07, 6.45) is 13.6. The van der Waals surface area contributed by atoms with Crippen molar-refractivity contribution in [2.24, 2.45) is 5.92 Å². The van der Waals surface area contributed by atoms with Crippen LogP contribution in [-0.2, 0) is 51.9 Å². The van der Waals surface area contributed by atoms with Gasteiger partial charge in [-0.2, -0.15) is 21.4 Å². The van der Waals surface area contributed by atoms with Crippen LogP contribution in [0.1, 0.15) is 115 Å². The molecule has 0 aromatic heterocycles. The second-order valence-electron chi connectivity index (χ2n) is 20.3. The summed E-state index contributed by atoms with van der Waals surface area (Å²) in [4.78, 5) is 40.7. The Morgan fingerprint density at radius 3 is 2.23 bits per heavy atom. The lowest BCUT2D eigenvalue weighted by Crippen LogP contribution is -2.38. The molecule has 0 bridgehead atoms. The zero-order valence-electron chi connectivity index (χ0n) is 41.9. The fraction of sp³-hybridized carbons (Fsp3) is 0.455. The number of imide groups is 1. The largest absolute Gasteiger partial charge is 0.457 e. The maximum atomic E-state index is 12.8. The molecule has 0 radical (unpaired) electrons. The van der Waals surface area contributed by atoms with Crippen molar-refractivity contribution >= 4 is 55.0 Å². The number of ether oxygens (including phenoxy) is 1. The van der Waals surface area contributed by atoms with Gasteiger partial charge in [-0.15, -0.1) is 0 Å². The predicted molar refractivity (Wildman–Crippen MR) is 277 cm³/mol. The average molecular weight is 1010 g/mol. The number of benzene rings is 3. The number of nitrogens with one attached hydrogen (secondary N) is 1. The number of unbranched alkanes of at least 4 members (excludes halogenated alkanes) is 2. The minimum atomic E-state index is -4.08. The topological polar surface area (TPSA) is 191 Å². The summed E-state index contributed by atoms with van der Waals surface area (Å²) in [5, 5.41) is 2.84. The summed E-state index contributed by atoms with van der Waals surface area (Å²) in [6.45, 7) is 14.1. The molecule has 3 aromatic carbocycles.